The average Bonchev–Trinajstić information content (AvgIpc) is 2.83. The maximum atomic E-state index is 6.02. The predicted molar refractivity (Wildman–Crippen MR) is 69.8 cm³/mol. The maximum Gasteiger partial charge on any atom is 0.138 e. The predicted octanol–water partition coefficient (Wildman–Crippen LogP) is 2.82. The summed E-state index contributed by atoms with van der Waals surface area (Å²) in [5, 5.41) is 4.00. The van der Waals surface area contributed by atoms with E-state index in [1.54, 1.807) is 6.20 Å². The van der Waals surface area contributed by atoms with Gasteiger partial charge in [-0.2, -0.15) is 0 Å². The zero-order chi connectivity index (χ0) is 12.1. The molecule has 0 bridgehead atoms. The standard InChI is InChI=1S/C13H19ClN2O/c1-2-4-10-7-12(8-16-13(10)14)17-9-11-5-3-6-15-11/h7-8,11,15H,2-6,9H2,1H3/t11-/m0/s1. The summed E-state index contributed by atoms with van der Waals surface area (Å²) in [6, 6.07) is 2.49. The molecule has 1 aromatic rings. The number of hydrogen-bond acceptors (Lipinski definition) is 3. The van der Waals surface area contributed by atoms with E-state index in [4.69, 9.17) is 16.3 Å². The van der Waals surface area contributed by atoms with Gasteiger partial charge in [-0.1, -0.05) is 24.9 Å². The van der Waals surface area contributed by atoms with Gasteiger partial charge in [0.25, 0.3) is 0 Å². The van der Waals surface area contributed by atoms with Gasteiger partial charge in [0.1, 0.15) is 17.5 Å². The minimum absolute atomic E-state index is 0.486. The van der Waals surface area contributed by atoms with Gasteiger partial charge in [-0.05, 0) is 37.4 Å². The largest absolute Gasteiger partial charge is 0.490 e. The Balaban J connectivity index is 1.93. The van der Waals surface area contributed by atoms with Gasteiger partial charge >= 0.3 is 0 Å². The average molecular weight is 255 g/mol. The van der Waals surface area contributed by atoms with Crippen LogP contribution in [-0.4, -0.2) is 24.2 Å². The number of nitrogens with one attached hydrogen (secondary N) is 1. The first-order valence-corrected chi connectivity index (χ1v) is 6.68. The van der Waals surface area contributed by atoms with Crippen molar-refractivity contribution in [1.82, 2.24) is 10.3 Å². The van der Waals surface area contributed by atoms with Gasteiger partial charge in [0.2, 0.25) is 0 Å². The molecule has 0 saturated carbocycles. The van der Waals surface area contributed by atoms with Crippen LogP contribution < -0.4 is 10.1 Å². The monoisotopic (exact) mass is 254 g/mol. The van der Waals surface area contributed by atoms with Crippen LogP contribution in [0.25, 0.3) is 0 Å². The highest BCUT2D eigenvalue weighted by atomic mass is 35.5. The van der Waals surface area contributed by atoms with E-state index in [0.717, 1.165) is 37.3 Å². The number of aryl methyl sites for hydroxylation is 1. The van der Waals surface area contributed by atoms with E-state index in [0.29, 0.717) is 11.2 Å². The van der Waals surface area contributed by atoms with Crippen molar-refractivity contribution in [2.45, 2.75) is 38.6 Å². The molecule has 1 saturated heterocycles. The van der Waals surface area contributed by atoms with Crippen molar-refractivity contribution < 1.29 is 4.74 Å². The molecule has 3 nitrogen and oxygen atoms in total. The number of aromatic nitrogens is 1. The van der Waals surface area contributed by atoms with Gasteiger partial charge in [-0.25, -0.2) is 4.98 Å². The smallest absolute Gasteiger partial charge is 0.138 e. The first-order chi connectivity index (χ1) is 8.29. The molecule has 1 atom stereocenters. The Bertz CT molecular complexity index is 364. The quantitative estimate of drug-likeness (QED) is 0.821. The van der Waals surface area contributed by atoms with Crippen molar-refractivity contribution in [2.24, 2.45) is 0 Å². The Morgan fingerprint density at radius 2 is 2.47 bits per heavy atom. The highest BCUT2D eigenvalue weighted by molar-refractivity contribution is 6.30. The van der Waals surface area contributed by atoms with Crippen LogP contribution >= 0.6 is 11.6 Å². The lowest BCUT2D eigenvalue weighted by Gasteiger charge is -2.12. The molecule has 2 heterocycles. The summed E-state index contributed by atoms with van der Waals surface area (Å²) in [5.74, 6) is 0.826. The van der Waals surface area contributed by atoms with Crippen LogP contribution in [0.15, 0.2) is 12.3 Å². The molecule has 0 radical (unpaired) electrons. The number of rotatable bonds is 5. The second kappa shape index (κ2) is 6.22. The Labute approximate surface area is 108 Å². The fraction of sp³-hybridized carbons (Fsp3) is 0.615. The molecular weight excluding hydrogens is 236 g/mol. The van der Waals surface area contributed by atoms with Crippen molar-refractivity contribution in [2.75, 3.05) is 13.2 Å². The Morgan fingerprint density at radius 1 is 1.59 bits per heavy atom. The summed E-state index contributed by atoms with van der Waals surface area (Å²) in [4.78, 5) is 4.16. The number of ether oxygens (including phenoxy) is 1. The molecule has 1 aliphatic heterocycles. The molecule has 0 unspecified atom stereocenters. The third-order valence-corrected chi connectivity index (χ3v) is 3.36. The van der Waals surface area contributed by atoms with Crippen LogP contribution in [0.1, 0.15) is 31.7 Å². The molecule has 0 aromatic carbocycles. The molecule has 17 heavy (non-hydrogen) atoms. The highest BCUT2D eigenvalue weighted by Crippen LogP contribution is 2.21. The fourth-order valence-corrected chi connectivity index (χ4v) is 2.29. The van der Waals surface area contributed by atoms with Crippen LogP contribution in [-0.2, 0) is 6.42 Å². The lowest BCUT2D eigenvalue weighted by atomic mass is 10.2. The van der Waals surface area contributed by atoms with E-state index in [1.807, 2.05) is 6.07 Å². The van der Waals surface area contributed by atoms with Crippen LogP contribution in [0.5, 0.6) is 5.75 Å². The van der Waals surface area contributed by atoms with Crippen molar-refractivity contribution >= 4 is 11.6 Å². The van der Waals surface area contributed by atoms with Crippen molar-refractivity contribution in [3.63, 3.8) is 0 Å². The van der Waals surface area contributed by atoms with E-state index >= 15 is 0 Å². The summed E-state index contributed by atoms with van der Waals surface area (Å²) in [7, 11) is 0. The lowest BCUT2D eigenvalue weighted by Crippen LogP contribution is -2.28. The summed E-state index contributed by atoms with van der Waals surface area (Å²) >= 11 is 6.02. The van der Waals surface area contributed by atoms with E-state index in [2.05, 4.69) is 17.2 Å². The molecule has 1 aliphatic rings. The van der Waals surface area contributed by atoms with E-state index in [1.165, 1.54) is 12.8 Å². The van der Waals surface area contributed by atoms with Crippen molar-refractivity contribution in [3.8, 4) is 5.75 Å². The van der Waals surface area contributed by atoms with Crippen LogP contribution in [0, 0.1) is 0 Å². The maximum absolute atomic E-state index is 6.02. The minimum atomic E-state index is 0.486. The van der Waals surface area contributed by atoms with Crippen molar-refractivity contribution in [3.05, 3.63) is 23.0 Å². The number of hydrogen-bond donors (Lipinski definition) is 1. The molecule has 4 heteroatoms. The second-order valence-corrected chi connectivity index (χ2v) is 4.83. The normalized spacial score (nSPS) is 19.5. The van der Waals surface area contributed by atoms with Crippen LogP contribution in [0.4, 0.5) is 0 Å². The summed E-state index contributed by atoms with van der Waals surface area (Å²) in [5.41, 5.74) is 1.08. The molecular formula is C13H19ClN2O. The lowest BCUT2D eigenvalue weighted by molar-refractivity contribution is 0.276. The number of nitrogens with zero attached hydrogens (tertiary/aromatic N) is 1. The molecule has 0 amide bonds. The zero-order valence-corrected chi connectivity index (χ0v) is 11.0. The van der Waals surface area contributed by atoms with E-state index < -0.39 is 0 Å². The van der Waals surface area contributed by atoms with E-state index in [-0.39, 0.29) is 0 Å². The van der Waals surface area contributed by atoms with Gasteiger partial charge in [-0.3, -0.25) is 0 Å². The number of pyridine rings is 1. The summed E-state index contributed by atoms with van der Waals surface area (Å²) in [6.45, 7) is 3.95. The molecule has 0 aliphatic carbocycles. The number of halogens is 1. The highest BCUT2D eigenvalue weighted by Gasteiger charge is 2.14. The van der Waals surface area contributed by atoms with Crippen molar-refractivity contribution in [1.29, 1.82) is 0 Å². The zero-order valence-electron chi connectivity index (χ0n) is 10.2. The molecule has 1 N–H and O–H groups in total. The Kier molecular flexibility index (Phi) is 4.63. The molecule has 2 rings (SSSR count). The molecule has 1 fully saturated rings. The third-order valence-electron chi connectivity index (χ3n) is 3.02. The third kappa shape index (κ3) is 3.58. The minimum Gasteiger partial charge on any atom is -0.490 e. The van der Waals surface area contributed by atoms with Gasteiger partial charge in [0.15, 0.2) is 0 Å². The van der Waals surface area contributed by atoms with Crippen LogP contribution in [0.2, 0.25) is 5.15 Å². The molecule has 94 valence electrons. The summed E-state index contributed by atoms with van der Waals surface area (Å²) < 4.78 is 5.75. The fourth-order valence-electron chi connectivity index (χ4n) is 2.09. The van der Waals surface area contributed by atoms with Crippen LogP contribution in [0.3, 0.4) is 0 Å². The van der Waals surface area contributed by atoms with Gasteiger partial charge in [0, 0.05) is 6.04 Å². The van der Waals surface area contributed by atoms with Gasteiger partial charge in [-0.15, -0.1) is 0 Å². The van der Waals surface area contributed by atoms with E-state index in [9.17, 15) is 0 Å². The SMILES string of the molecule is CCCc1cc(OC[C@@H]2CCCN2)cnc1Cl. The summed E-state index contributed by atoms with van der Waals surface area (Å²) in [6.07, 6.45) is 6.16. The Morgan fingerprint density at radius 3 is 3.18 bits per heavy atom. The topological polar surface area (TPSA) is 34.1 Å². The second-order valence-electron chi connectivity index (χ2n) is 4.48. The molecule has 1 aromatic heterocycles. The molecule has 0 spiro atoms. The first kappa shape index (κ1) is 12.7. The van der Waals surface area contributed by atoms with Gasteiger partial charge < -0.3 is 10.1 Å². The Hall–Kier alpha value is -0.800. The van der Waals surface area contributed by atoms with Gasteiger partial charge in [0.05, 0.1) is 6.20 Å². The first-order valence-electron chi connectivity index (χ1n) is 6.30.